The molecule has 106 valence electrons. The molecule has 0 aliphatic heterocycles. The van der Waals surface area contributed by atoms with Gasteiger partial charge in [-0.05, 0) is 49.1 Å². The predicted octanol–water partition coefficient (Wildman–Crippen LogP) is 3.40. The summed E-state index contributed by atoms with van der Waals surface area (Å²) in [5.41, 5.74) is 5.04. The lowest BCUT2D eigenvalue weighted by molar-refractivity contribution is 0.489. The number of halogens is 2. The van der Waals surface area contributed by atoms with E-state index in [9.17, 15) is 0 Å². The molecule has 1 aromatic heterocycles. The van der Waals surface area contributed by atoms with Crippen molar-refractivity contribution >= 4 is 23.2 Å². The molecule has 0 spiro atoms. The fraction of sp³-hybridized carbons (Fsp3) is 0.267. The van der Waals surface area contributed by atoms with Crippen LogP contribution in [0.2, 0.25) is 10.0 Å². The number of nitrogens with two attached hydrogens (primary N) is 1. The number of pyridine rings is 1. The molecule has 1 unspecified atom stereocenters. The molecule has 0 bridgehead atoms. The van der Waals surface area contributed by atoms with Gasteiger partial charge in [0.2, 0.25) is 0 Å². The normalized spacial score (nSPS) is 12.3. The number of hydrogen-bond donors (Lipinski definition) is 2. The zero-order valence-electron chi connectivity index (χ0n) is 11.0. The second kappa shape index (κ2) is 7.60. The smallest absolute Gasteiger partial charge is 0.0595 e. The van der Waals surface area contributed by atoms with Gasteiger partial charge in [0, 0.05) is 17.9 Å². The number of aromatic nitrogens is 1. The average molecular weight is 310 g/mol. The monoisotopic (exact) mass is 309 g/mol. The van der Waals surface area contributed by atoms with Gasteiger partial charge in [-0.15, -0.1) is 0 Å². The summed E-state index contributed by atoms with van der Waals surface area (Å²) in [6.07, 6.45) is 4.41. The minimum Gasteiger partial charge on any atom is -0.271 e. The number of hydrogen-bond acceptors (Lipinski definition) is 3. The second-order valence-corrected chi connectivity index (χ2v) is 5.49. The molecule has 0 aliphatic carbocycles. The van der Waals surface area contributed by atoms with Crippen LogP contribution in [0, 0.1) is 0 Å². The quantitative estimate of drug-likeness (QED) is 0.635. The van der Waals surface area contributed by atoms with Gasteiger partial charge in [0.05, 0.1) is 10.0 Å². The molecule has 0 amide bonds. The topological polar surface area (TPSA) is 50.9 Å². The van der Waals surface area contributed by atoms with Crippen molar-refractivity contribution in [2.45, 2.75) is 25.3 Å². The maximum Gasteiger partial charge on any atom is 0.0595 e. The van der Waals surface area contributed by atoms with Gasteiger partial charge in [0.25, 0.3) is 0 Å². The summed E-state index contributed by atoms with van der Waals surface area (Å²) in [6, 6.07) is 11.8. The Morgan fingerprint density at radius 3 is 2.65 bits per heavy atom. The molecule has 2 aromatic rings. The molecule has 3 nitrogen and oxygen atoms in total. The van der Waals surface area contributed by atoms with Gasteiger partial charge in [-0.3, -0.25) is 16.3 Å². The molecule has 0 saturated heterocycles. The number of hydrazine groups is 1. The van der Waals surface area contributed by atoms with Crippen LogP contribution >= 0.6 is 23.2 Å². The Morgan fingerprint density at radius 2 is 2.00 bits per heavy atom. The van der Waals surface area contributed by atoms with E-state index >= 15 is 0 Å². The number of nitrogens with zero attached hydrogens (tertiary/aromatic N) is 1. The number of benzene rings is 1. The number of rotatable bonds is 6. The van der Waals surface area contributed by atoms with E-state index < -0.39 is 0 Å². The molecule has 5 heteroatoms. The highest BCUT2D eigenvalue weighted by Crippen LogP contribution is 2.23. The highest BCUT2D eigenvalue weighted by Gasteiger charge is 2.09. The summed E-state index contributed by atoms with van der Waals surface area (Å²) in [5, 5.41) is 1.14. The van der Waals surface area contributed by atoms with Crippen LogP contribution in [0.5, 0.6) is 0 Å². The van der Waals surface area contributed by atoms with Crippen LogP contribution < -0.4 is 11.3 Å². The zero-order chi connectivity index (χ0) is 14.4. The van der Waals surface area contributed by atoms with Crippen LogP contribution in [0.3, 0.4) is 0 Å². The summed E-state index contributed by atoms with van der Waals surface area (Å²) in [5.74, 6) is 5.62. The molecule has 2 rings (SSSR count). The Morgan fingerprint density at radius 1 is 1.15 bits per heavy atom. The van der Waals surface area contributed by atoms with E-state index in [-0.39, 0.29) is 6.04 Å². The second-order valence-electron chi connectivity index (χ2n) is 4.68. The molecular weight excluding hydrogens is 293 g/mol. The summed E-state index contributed by atoms with van der Waals surface area (Å²) >= 11 is 11.9. The molecule has 1 aromatic carbocycles. The minimum absolute atomic E-state index is 0.175. The molecule has 1 atom stereocenters. The van der Waals surface area contributed by atoms with E-state index in [2.05, 4.69) is 10.4 Å². The van der Waals surface area contributed by atoms with Crippen molar-refractivity contribution in [3.05, 3.63) is 63.9 Å². The van der Waals surface area contributed by atoms with Crippen molar-refractivity contribution in [1.82, 2.24) is 10.4 Å². The number of aryl methyl sites for hydroxylation is 1. The van der Waals surface area contributed by atoms with Gasteiger partial charge in [-0.2, -0.15) is 0 Å². The molecule has 0 aliphatic rings. The predicted molar refractivity (Wildman–Crippen MR) is 83.8 cm³/mol. The Hall–Kier alpha value is -1.13. The van der Waals surface area contributed by atoms with Crippen LogP contribution in [0.15, 0.2) is 42.6 Å². The van der Waals surface area contributed by atoms with Crippen LogP contribution in [0.25, 0.3) is 0 Å². The summed E-state index contributed by atoms with van der Waals surface area (Å²) in [6.45, 7) is 0. The largest absolute Gasteiger partial charge is 0.271 e. The van der Waals surface area contributed by atoms with Gasteiger partial charge >= 0.3 is 0 Å². The van der Waals surface area contributed by atoms with Crippen molar-refractivity contribution in [2.24, 2.45) is 5.84 Å². The summed E-state index contributed by atoms with van der Waals surface area (Å²) in [7, 11) is 0. The molecule has 0 radical (unpaired) electrons. The third-order valence-electron chi connectivity index (χ3n) is 3.18. The van der Waals surface area contributed by atoms with Gasteiger partial charge in [0.1, 0.15) is 0 Å². The third kappa shape index (κ3) is 4.46. The van der Waals surface area contributed by atoms with E-state index in [1.807, 2.05) is 36.4 Å². The molecule has 3 N–H and O–H groups in total. The fourth-order valence-corrected chi connectivity index (χ4v) is 2.38. The third-order valence-corrected chi connectivity index (χ3v) is 3.92. The van der Waals surface area contributed by atoms with Crippen molar-refractivity contribution in [2.75, 3.05) is 0 Å². The van der Waals surface area contributed by atoms with Crippen molar-refractivity contribution in [3.63, 3.8) is 0 Å². The highest BCUT2D eigenvalue weighted by atomic mass is 35.5. The zero-order valence-corrected chi connectivity index (χ0v) is 12.5. The minimum atomic E-state index is 0.175. The molecule has 0 fully saturated rings. The van der Waals surface area contributed by atoms with Gasteiger partial charge in [0.15, 0.2) is 0 Å². The van der Waals surface area contributed by atoms with Gasteiger partial charge in [-0.25, -0.2) is 0 Å². The van der Waals surface area contributed by atoms with Crippen LogP contribution in [-0.2, 0) is 12.8 Å². The van der Waals surface area contributed by atoms with Gasteiger partial charge < -0.3 is 0 Å². The SMILES string of the molecule is NNC(CCc1ccccn1)Cc1ccc(Cl)c(Cl)c1. The Kier molecular flexibility index (Phi) is 5.80. The van der Waals surface area contributed by atoms with Crippen LogP contribution in [0.4, 0.5) is 0 Å². The van der Waals surface area contributed by atoms with E-state index in [4.69, 9.17) is 29.0 Å². The van der Waals surface area contributed by atoms with E-state index in [1.165, 1.54) is 0 Å². The lowest BCUT2D eigenvalue weighted by atomic mass is 10.0. The number of nitrogens with one attached hydrogen (secondary N) is 1. The van der Waals surface area contributed by atoms with Crippen LogP contribution in [0.1, 0.15) is 17.7 Å². The van der Waals surface area contributed by atoms with Crippen LogP contribution in [-0.4, -0.2) is 11.0 Å². The van der Waals surface area contributed by atoms with E-state index in [0.29, 0.717) is 10.0 Å². The summed E-state index contributed by atoms with van der Waals surface area (Å²) < 4.78 is 0. The van der Waals surface area contributed by atoms with Crippen molar-refractivity contribution < 1.29 is 0 Å². The molecule has 1 heterocycles. The van der Waals surface area contributed by atoms with Crippen molar-refractivity contribution in [1.29, 1.82) is 0 Å². The van der Waals surface area contributed by atoms with Gasteiger partial charge in [-0.1, -0.05) is 35.3 Å². The molecule has 20 heavy (non-hydrogen) atoms. The Bertz CT molecular complexity index is 546. The lowest BCUT2D eigenvalue weighted by Crippen LogP contribution is -2.37. The first-order valence-corrected chi connectivity index (χ1v) is 7.24. The Balaban J connectivity index is 1.93. The van der Waals surface area contributed by atoms with E-state index in [0.717, 1.165) is 30.5 Å². The van der Waals surface area contributed by atoms with Crippen molar-refractivity contribution in [3.8, 4) is 0 Å². The first-order valence-electron chi connectivity index (χ1n) is 6.49. The highest BCUT2D eigenvalue weighted by molar-refractivity contribution is 6.42. The fourth-order valence-electron chi connectivity index (χ4n) is 2.06. The van der Waals surface area contributed by atoms with E-state index in [1.54, 1.807) is 6.20 Å². The maximum absolute atomic E-state index is 6.02. The standard InChI is InChI=1S/C15H17Cl2N3/c16-14-7-4-11(10-15(14)17)9-13(20-18)6-5-12-3-1-2-8-19-12/h1-4,7-8,10,13,20H,5-6,9,18H2. The summed E-state index contributed by atoms with van der Waals surface area (Å²) in [4.78, 5) is 4.31. The molecule has 0 saturated carbocycles. The maximum atomic E-state index is 6.02. The Labute approximate surface area is 129 Å². The first-order chi connectivity index (χ1) is 9.69. The average Bonchev–Trinajstić information content (AvgIpc) is 2.48. The lowest BCUT2D eigenvalue weighted by Gasteiger charge is -2.16. The first kappa shape index (κ1) is 15.3. The molecular formula is C15H17Cl2N3.